The second-order valence-corrected chi connectivity index (χ2v) is 10.6. The second kappa shape index (κ2) is 8.89. The third-order valence-corrected chi connectivity index (χ3v) is 8.10. The topological polar surface area (TPSA) is 52.2 Å². The number of fused-ring (bicyclic) bond motifs is 3. The van der Waals surface area contributed by atoms with Crippen molar-refractivity contribution in [3.05, 3.63) is 114 Å². The lowest BCUT2D eigenvalue weighted by Gasteiger charge is -2.03. The highest BCUT2D eigenvalue weighted by atomic mass is 35.5. The van der Waals surface area contributed by atoms with Gasteiger partial charge in [0.15, 0.2) is 4.96 Å². The maximum absolute atomic E-state index is 13.5. The number of rotatable bonds is 4. The van der Waals surface area contributed by atoms with E-state index in [9.17, 15) is 4.79 Å². The molecule has 3 heterocycles. The van der Waals surface area contributed by atoms with Crippen molar-refractivity contribution in [3.8, 4) is 11.3 Å². The number of aromatic nitrogens is 4. The number of aryl methyl sites for hydroxylation is 2. The summed E-state index contributed by atoms with van der Waals surface area (Å²) >= 11 is 13.7. The summed E-state index contributed by atoms with van der Waals surface area (Å²) < 4.78 is 4.18. The van der Waals surface area contributed by atoms with Crippen LogP contribution in [0.4, 0.5) is 0 Å². The van der Waals surface area contributed by atoms with Crippen LogP contribution in [0.5, 0.6) is 0 Å². The number of imidazole rings is 1. The summed E-state index contributed by atoms with van der Waals surface area (Å²) in [6.07, 6.45) is 3.87. The standard InChI is InChI=1S/C28H20Cl2N4OS/c1-16-8-11-23-25(17(16)2)31-28-34(23)27(35)24(36-28)13-20-15-33(14-18-9-10-21(29)22(30)12-18)32-26(20)19-6-4-3-5-7-19/h3-13,15H,14H2,1-2H3/b24-13+. The van der Waals surface area contributed by atoms with E-state index >= 15 is 0 Å². The highest BCUT2D eigenvalue weighted by Crippen LogP contribution is 2.26. The molecular formula is C28H20Cl2N4OS. The Morgan fingerprint density at radius 1 is 1.00 bits per heavy atom. The molecule has 0 radical (unpaired) electrons. The number of thiazole rings is 1. The molecule has 6 rings (SSSR count). The van der Waals surface area contributed by atoms with Gasteiger partial charge in [-0.05, 0) is 54.8 Å². The van der Waals surface area contributed by atoms with Crippen LogP contribution in [0.2, 0.25) is 10.0 Å². The van der Waals surface area contributed by atoms with E-state index in [2.05, 4.69) is 6.92 Å². The van der Waals surface area contributed by atoms with Gasteiger partial charge in [-0.15, -0.1) is 0 Å². The van der Waals surface area contributed by atoms with Crippen molar-refractivity contribution in [2.24, 2.45) is 0 Å². The summed E-state index contributed by atoms with van der Waals surface area (Å²) in [6, 6.07) is 19.5. The number of nitrogens with zero attached hydrogens (tertiary/aromatic N) is 4. The van der Waals surface area contributed by atoms with Crippen molar-refractivity contribution in [1.82, 2.24) is 19.2 Å². The van der Waals surface area contributed by atoms with Gasteiger partial charge in [0, 0.05) is 17.3 Å². The van der Waals surface area contributed by atoms with E-state index in [4.69, 9.17) is 33.3 Å². The van der Waals surface area contributed by atoms with Gasteiger partial charge >= 0.3 is 0 Å². The SMILES string of the molecule is Cc1ccc2c(nc3s/c(=C/c4cn(Cc5ccc(Cl)c(Cl)c5)nc4-c4ccccc4)c(=O)n32)c1C. The van der Waals surface area contributed by atoms with Crippen LogP contribution in [0.15, 0.2) is 71.7 Å². The Balaban J connectivity index is 1.50. The molecule has 0 fully saturated rings. The molecule has 3 aromatic carbocycles. The third-order valence-electron chi connectivity index (χ3n) is 6.39. The van der Waals surface area contributed by atoms with Gasteiger partial charge in [0.1, 0.15) is 0 Å². The molecule has 0 aliphatic heterocycles. The maximum atomic E-state index is 13.5. The fourth-order valence-electron chi connectivity index (χ4n) is 4.38. The molecule has 0 aliphatic carbocycles. The Morgan fingerprint density at radius 2 is 1.81 bits per heavy atom. The zero-order chi connectivity index (χ0) is 25.0. The van der Waals surface area contributed by atoms with Crippen LogP contribution in [0.1, 0.15) is 22.3 Å². The van der Waals surface area contributed by atoms with Crippen LogP contribution in [-0.4, -0.2) is 19.2 Å². The fraction of sp³-hybridized carbons (Fsp3) is 0.107. The minimum atomic E-state index is -0.0722. The van der Waals surface area contributed by atoms with Gasteiger partial charge in [-0.2, -0.15) is 5.10 Å². The molecule has 8 heteroatoms. The molecule has 0 N–H and O–H groups in total. The summed E-state index contributed by atoms with van der Waals surface area (Å²) in [5.41, 5.74) is 7.53. The molecule has 36 heavy (non-hydrogen) atoms. The predicted octanol–water partition coefficient (Wildman–Crippen LogP) is 6.29. The molecule has 178 valence electrons. The summed E-state index contributed by atoms with van der Waals surface area (Å²) in [6.45, 7) is 4.62. The monoisotopic (exact) mass is 530 g/mol. The number of halogens is 2. The maximum Gasteiger partial charge on any atom is 0.274 e. The first-order chi connectivity index (χ1) is 17.4. The van der Waals surface area contributed by atoms with Crippen molar-refractivity contribution in [1.29, 1.82) is 0 Å². The lowest BCUT2D eigenvalue weighted by molar-refractivity contribution is 0.689. The van der Waals surface area contributed by atoms with Crippen molar-refractivity contribution >= 4 is 56.6 Å². The Labute approximate surface area is 220 Å². The van der Waals surface area contributed by atoms with Crippen LogP contribution in [0.25, 0.3) is 33.3 Å². The van der Waals surface area contributed by atoms with Gasteiger partial charge in [0.2, 0.25) is 0 Å². The smallest absolute Gasteiger partial charge is 0.267 e. The van der Waals surface area contributed by atoms with Crippen LogP contribution in [0, 0.1) is 13.8 Å². The van der Waals surface area contributed by atoms with E-state index in [0.717, 1.165) is 44.5 Å². The van der Waals surface area contributed by atoms with E-state index in [1.165, 1.54) is 11.3 Å². The van der Waals surface area contributed by atoms with Gasteiger partial charge in [-0.25, -0.2) is 9.38 Å². The molecule has 6 aromatic rings. The van der Waals surface area contributed by atoms with Gasteiger partial charge in [-0.3, -0.25) is 9.48 Å². The van der Waals surface area contributed by atoms with Crippen LogP contribution in [-0.2, 0) is 6.54 Å². The van der Waals surface area contributed by atoms with E-state index in [1.54, 1.807) is 10.5 Å². The number of hydrogen-bond acceptors (Lipinski definition) is 4. The van der Waals surface area contributed by atoms with E-state index in [0.29, 0.717) is 26.1 Å². The molecule has 3 aromatic heterocycles. The highest BCUT2D eigenvalue weighted by molar-refractivity contribution is 7.15. The normalized spacial score (nSPS) is 12.3. The van der Waals surface area contributed by atoms with Gasteiger partial charge in [-0.1, -0.05) is 77.0 Å². The van der Waals surface area contributed by atoms with Crippen LogP contribution < -0.4 is 10.1 Å². The zero-order valence-electron chi connectivity index (χ0n) is 19.5. The molecular weight excluding hydrogens is 511 g/mol. The van der Waals surface area contributed by atoms with Gasteiger partial charge < -0.3 is 0 Å². The predicted molar refractivity (Wildman–Crippen MR) is 148 cm³/mol. The Kier molecular flexibility index (Phi) is 5.67. The Bertz CT molecular complexity index is 1890. The van der Waals surface area contributed by atoms with Crippen LogP contribution in [0.3, 0.4) is 0 Å². The largest absolute Gasteiger partial charge is 0.274 e. The summed E-state index contributed by atoms with van der Waals surface area (Å²) in [7, 11) is 0. The quantitative estimate of drug-likeness (QED) is 0.269. The molecule has 0 saturated carbocycles. The number of benzene rings is 3. The fourth-order valence-corrected chi connectivity index (χ4v) is 5.67. The first-order valence-corrected chi connectivity index (χ1v) is 13.0. The molecule has 0 saturated heterocycles. The molecule has 0 bridgehead atoms. The molecule has 0 atom stereocenters. The van der Waals surface area contributed by atoms with E-state index in [1.807, 2.05) is 78.5 Å². The van der Waals surface area contributed by atoms with Crippen LogP contribution >= 0.6 is 34.5 Å². The average Bonchev–Trinajstić information content (AvgIpc) is 3.53. The lowest BCUT2D eigenvalue weighted by Crippen LogP contribution is -2.22. The van der Waals surface area contributed by atoms with Crippen molar-refractivity contribution < 1.29 is 0 Å². The van der Waals surface area contributed by atoms with Gasteiger partial charge in [0.05, 0.1) is 37.8 Å². The first kappa shape index (κ1) is 23.0. The van der Waals surface area contributed by atoms with Crippen molar-refractivity contribution in [2.45, 2.75) is 20.4 Å². The highest BCUT2D eigenvalue weighted by Gasteiger charge is 2.15. The van der Waals surface area contributed by atoms with Crippen molar-refractivity contribution in [3.63, 3.8) is 0 Å². The minimum Gasteiger partial charge on any atom is -0.267 e. The molecule has 5 nitrogen and oxygen atoms in total. The Hall–Kier alpha value is -3.45. The third kappa shape index (κ3) is 3.91. The minimum absolute atomic E-state index is 0.0722. The average molecular weight is 531 g/mol. The summed E-state index contributed by atoms with van der Waals surface area (Å²) in [4.78, 5) is 18.9. The first-order valence-electron chi connectivity index (χ1n) is 11.4. The Morgan fingerprint density at radius 3 is 2.58 bits per heavy atom. The summed E-state index contributed by atoms with van der Waals surface area (Å²) in [5.74, 6) is 0. The summed E-state index contributed by atoms with van der Waals surface area (Å²) in [5, 5.41) is 5.88. The molecule has 0 unspecified atom stereocenters. The number of hydrogen-bond donors (Lipinski definition) is 0. The zero-order valence-corrected chi connectivity index (χ0v) is 21.8. The van der Waals surface area contributed by atoms with E-state index in [-0.39, 0.29) is 5.56 Å². The lowest BCUT2D eigenvalue weighted by atomic mass is 10.1. The molecule has 0 aliphatic rings. The van der Waals surface area contributed by atoms with Crippen molar-refractivity contribution in [2.75, 3.05) is 0 Å². The van der Waals surface area contributed by atoms with Gasteiger partial charge in [0.25, 0.3) is 5.56 Å². The molecule has 0 amide bonds. The molecule has 0 spiro atoms. The second-order valence-electron chi connectivity index (χ2n) is 8.77. The van der Waals surface area contributed by atoms with E-state index < -0.39 is 0 Å².